The Labute approximate surface area is 150 Å². The molecule has 0 saturated carbocycles. The summed E-state index contributed by atoms with van der Waals surface area (Å²) in [5.74, 6) is 1.80. The van der Waals surface area contributed by atoms with E-state index >= 15 is 0 Å². The largest absolute Gasteiger partial charge is 0.494 e. The van der Waals surface area contributed by atoms with E-state index in [1.165, 1.54) is 5.56 Å². The Morgan fingerprint density at radius 2 is 1.48 bits per heavy atom. The van der Waals surface area contributed by atoms with Crippen molar-refractivity contribution < 1.29 is 9.47 Å². The highest BCUT2D eigenvalue weighted by molar-refractivity contribution is 5.65. The molecule has 128 valence electrons. The van der Waals surface area contributed by atoms with Gasteiger partial charge >= 0.3 is 0 Å². The molecular formula is C23H24O2. The van der Waals surface area contributed by atoms with Gasteiger partial charge in [-0.05, 0) is 47.4 Å². The van der Waals surface area contributed by atoms with Crippen molar-refractivity contribution in [2.75, 3.05) is 6.61 Å². The van der Waals surface area contributed by atoms with E-state index in [-0.39, 0.29) is 0 Å². The van der Waals surface area contributed by atoms with Crippen LogP contribution in [0.3, 0.4) is 0 Å². The maximum absolute atomic E-state index is 5.92. The lowest BCUT2D eigenvalue weighted by atomic mass is 10.1. The highest BCUT2D eigenvalue weighted by Gasteiger charge is 2.02. The fourth-order valence-corrected chi connectivity index (χ4v) is 2.58. The molecule has 0 aromatic heterocycles. The molecule has 0 N–H and O–H groups in total. The van der Waals surface area contributed by atoms with Crippen LogP contribution in [0.15, 0.2) is 78.9 Å². The van der Waals surface area contributed by atoms with Gasteiger partial charge in [0.25, 0.3) is 0 Å². The summed E-state index contributed by atoms with van der Waals surface area (Å²) in [5.41, 5.74) is 3.47. The van der Waals surface area contributed by atoms with Crippen LogP contribution < -0.4 is 9.47 Å². The van der Waals surface area contributed by atoms with Gasteiger partial charge in [-0.1, -0.05) is 67.9 Å². The van der Waals surface area contributed by atoms with Crippen molar-refractivity contribution in [3.05, 3.63) is 84.4 Å². The third-order valence-electron chi connectivity index (χ3n) is 4.04. The second-order valence-corrected chi connectivity index (χ2v) is 6.03. The van der Waals surface area contributed by atoms with Gasteiger partial charge in [-0.2, -0.15) is 0 Å². The van der Waals surface area contributed by atoms with Gasteiger partial charge in [0.05, 0.1) is 6.61 Å². The average molecular weight is 332 g/mol. The molecule has 0 saturated heterocycles. The number of hydrogen-bond donors (Lipinski definition) is 0. The lowest BCUT2D eigenvalue weighted by molar-refractivity contribution is 0.306. The predicted octanol–water partition coefficient (Wildman–Crippen LogP) is 6.11. The molecule has 0 aliphatic carbocycles. The summed E-state index contributed by atoms with van der Waals surface area (Å²) >= 11 is 0. The van der Waals surface area contributed by atoms with Gasteiger partial charge in [0.2, 0.25) is 0 Å². The number of ether oxygens (including phenoxy) is 2. The summed E-state index contributed by atoms with van der Waals surface area (Å²) in [7, 11) is 0. The minimum atomic E-state index is 0.578. The second kappa shape index (κ2) is 8.93. The maximum atomic E-state index is 5.92. The van der Waals surface area contributed by atoms with E-state index in [9.17, 15) is 0 Å². The van der Waals surface area contributed by atoms with Crippen LogP contribution in [-0.4, -0.2) is 6.61 Å². The monoisotopic (exact) mass is 332 g/mol. The van der Waals surface area contributed by atoms with E-state index in [0.29, 0.717) is 6.61 Å². The fourth-order valence-electron chi connectivity index (χ4n) is 2.58. The molecular weight excluding hydrogens is 308 g/mol. The molecule has 0 fully saturated rings. The SMILES string of the molecule is CCCCOc1ccc(-c2cccc(OCc3ccccc3)c2)cc1. The van der Waals surface area contributed by atoms with Crippen LogP contribution in [-0.2, 0) is 6.61 Å². The Morgan fingerprint density at radius 1 is 0.680 bits per heavy atom. The normalized spacial score (nSPS) is 10.4. The number of hydrogen-bond acceptors (Lipinski definition) is 2. The zero-order valence-electron chi connectivity index (χ0n) is 14.7. The first kappa shape index (κ1) is 17.1. The smallest absolute Gasteiger partial charge is 0.120 e. The van der Waals surface area contributed by atoms with Gasteiger partial charge < -0.3 is 9.47 Å². The van der Waals surface area contributed by atoms with Crippen LogP contribution in [0.4, 0.5) is 0 Å². The topological polar surface area (TPSA) is 18.5 Å². The third-order valence-corrected chi connectivity index (χ3v) is 4.04. The standard InChI is InChI=1S/C23H24O2/c1-2-3-16-24-22-14-12-20(13-15-22)21-10-7-11-23(17-21)25-18-19-8-5-4-6-9-19/h4-15,17H,2-3,16,18H2,1H3. The molecule has 2 nitrogen and oxygen atoms in total. The quantitative estimate of drug-likeness (QED) is 0.463. The Kier molecular flexibility index (Phi) is 6.11. The van der Waals surface area contributed by atoms with Crippen LogP contribution in [0.25, 0.3) is 11.1 Å². The van der Waals surface area contributed by atoms with Gasteiger partial charge in [0.15, 0.2) is 0 Å². The third kappa shape index (κ3) is 5.12. The van der Waals surface area contributed by atoms with Gasteiger partial charge in [0, 0.05) is 0 Å². The lowest BCUT2D eigenvalue weighted by Gasteiger charge is -2.09. The number of unbranched alkanes of at least 4 members (excludes halogenated alkanes) is 1. The molecule has 0 radical (unpaired) electrons. The van der Waals surface area contributed by atoms with Crippen LogP contribution in [0.2, 0.25) is 0 Å². The van der Waals surface area contributed by atoms with Gasteiger partial charge in [-0.3, -0.25) is 0 Å². The van der Waals surface area contributed by atoms with E-state index in [1.807, 2.05) is 42.5 Å². The van der Waals surface area contributed by atoms with Crippen LogP contribution in [0, 0.1) is 0 Å². The fraction of sp³-hybridized carbons (Fsp3) is 0.217. The molecule has 0 amide bonds. The van der Waals surface area contributed by atoms with Crippen molar-refractivity contribution in [2.45, 2.75) is 26.4 Å². The van der Waals surface area contributed by atoms with Crippen molar-refractivity contribution in [3.63, 3.8) is 0 Å². The number of benzene rings is 3. The van der Waals surface area contributed by atoms with Crippen LogP contribution >= 0.6 is 0 Å². The van der Waals surface area contributed by atoms with Gasteiger partial charge in [-0.15, -0.1) is 0 Å². The van der Waals surface area contributed by atoms with E-state index in [0.717, 1.165) is 42.1 Å². The average Bonchev–Trinajstić information content (AvgIpc) is 2.68. The minimum absolute atomic E-state index is 0.578. The predicted molar refractivity (Wildman–Crippen MR) is 103 cm³/mol. The molecule has 0 bridgehead atoms. The Balaban J connectivity index is 1.64. The van der Waals surface area contributed by atoms with Crippen LogP contribution in [0.1, 0.15) is 25.3 Å². The van der Waals surface area contributed by atoms with E-state index in [1.54, 1.807) is 0 Å². The molecule has 25 heavy (non-hydrogen) atoms. The molecule has 3 aromatic rings. The molecule has 0 heterocycles. The molecule has 0 spiro atoms. The first-order chi connectivity index (χ1) is 12.3. The zero-order chi connectivity index (χ0) is 17.3. The van der Waals surface area contributed by atoms with Crippen LogP contribution in [0.5, 0.6) is 11.5 Å². The summed E-state index contributed by atoms with van der Waals surface area (Å²) in [4.78, 5) is 0. The van der Waals surface area contributed by atoms with Gasteiger partial charge in [0.1, 0.15) is 18.1 Å². The summed E-state index contributed by atoms with van der Waals surface area (Å²) in [6.45, 7) is 3.52. The zero-order valence-corrected chi connectivity index (χ0v) is 14.7. The van der Waals surface area contributed by atoms with Crippen molar-refractivity contribution in [1.82, 2.24) is 0 Å². The molecule has 3 rings (SSSR count). The Hall–Kier alpha value is -2.74. The van der Waals surface area contributed by atoms with E-state index < -0.39 is 0 Å². The highest BCUT2D eigenvalue weighted by atomic mass is 16.5. The Morgan fingerprint density at radius 3 is 2.24 bits per heavy atom. The highest BCUT2D eigenvalue weighted by Crippen LogP contribution is 2.26. The van der Waals surface area contributed by atoms with E-state index in [4.69, 9.17) is 9.47 Å². The first-order valence-corrected chi connectivity index (χ1v) is 8.85. The van der Waals surface area contributed by atoms with Crippen molar-refractivity contribution in [2.24, 2.45) is 0 Å². The molecule has 0 aliphatic rings. The number of rotatable bonds is 8. The first-order valence-electron chi connectivity index (χ1n) is 8.85. The molecule has 0 aliphatic heterocycles. The Bertz CT molecular complexity index is 764. The van der Waals surface area contributed by atoms with Crippen molar-refractivity contribution >= 4 is 0 Å². The summed E-state index contributed by atoms with van der Waals surface area (Å²) in [6, 6.07) is 26.7. The summed E-state index contributed by atoms with van der Waals surface area (Å²) < 4.78 is 11.6. The maximum Gasteiger partial charge on any atom is 0.120 e. The van der Waals surface area contributed by atoms with Crippen molar-refractivity contribution in [3.8, 4) is 22.6 Å². The minimum Gasteiger partial charge on any atom is -0.494 e. The molecule has 2 heteroatoms. The summed E-state index contributed by atoms with van der Waals surface area (Å²) in [5, 5.41) is 0. The molecule has 0 atom stereocenters. The second-order valence-electron chi connectivity index (χ2n) is 6.03. The molecule has 0 unspecified atom stereocenters. The van der Waals surface area contributed by atoms with E-state index in [2.05, 4.69) is 43.3 Å². The summed E-state index contributed by atoms with van der Waals surface area (Å²) in [6.07, 6.45) is 2.23. The lowest BCUT2D eigenvalue weighted by Crippen LogP contribution is -1.96. The van der Waals surface area contributed by atoms with Gasteiger partial charge in [-0.25, -0.2) is 0 Å². The van der Waals surface area contributed by atoms with Crippen molar-refractivity contribution in [1.29, 1.82) is 0 Å². The molecule has 3 aromatic carbocycles.